The largest absolute Gasteiger partial charge is 0.493 e. The molecule has 0 aliphatic carbocycles. The van der Waals surface area contributed by atoms with Crippen LogP contribution in [0.3, 0.4) is 0 Å². The Morgan fingerprint density at radius 2 is 1.95 bits per heavy atom. The Bertz CT molecular complexity index is 394. The van der Waals surface area contributed by atoms with E-state index in [-0.39, 0.29) is 6.10 Å². The van der Waals surface area contributed by atoms with E-state index in [9.17, 15) is 5.11 Å². The van der Waals surface area contributed by atoms with Crippen molar-refractivity contribution in [2.75, 3.05) is 6.61 Å². The van der Waals surface area contributed by atoms with Gasteiger partial charge in [0.2, 0.25) is 0 Å². The van der Waals surface area contributed by atoms with Gasteiger partial charge in [0.1, 0.15) is 5.75 Å². The van der Waals surface area contributed by atoms with E-state index >= 15 is 0 Å². The van der Waals surface area contributed by atoms with Crippen molar-refractivity contribution < 1.29 is 9.84 Å². The van der Waals surface area contributed by atoms with Crippen LogP contribution in [0.15, 0.2) is 18.2 Å². The van der Waals surface area contributed by atoms with Crippen LogP contribution in [-0.4, -0.2) is 11.7 Å². The zero-order valence-electron chi connectivity index (χ0n) is 12.2. The molecule has 0 saturated heterocycles. The lowest BCUT2D eigenvalue weighted by atomic mass is 9.86. The Hall–Kier alpha value is -1.02. The summed E-state index contributed by atoms with van der Waals surface area (Å²) in [5, 5.41) is 10.7. The highest BCUT2D eigenvalue weighted by atomic mass is 16.5. The van der Waals surface area contributed by atoms with Crippen molar-refractivity contribution in [2.45, 2.75) is 58.5 Å². The van der Waals surface area contributed by atoms with E-state index in [0.717, 1.165) is 56.4 Å². The molecule has 0 saturated carbocycles. The van der Waals surface area contributed by atoms with Gasteiger partial charge in [0, 0.05) is 5.56 Å². The first-order chi connectivity index (χ1) is 9.27. The summed E-state index contributed by atoms with van der Waals surface area (Å²) >= 11 is 0. The van der Waals surface area contributed by atoms with Crippen molar-refractivity contribution in [3.63, 3.8) is 0 Å². The van der Waals surface area contributed by atoms with Crippen LogP contribution >= 0.6 is 0 Å². The summed E-state index contributed by atoms with van der Waals surface area (Å²) in [5.74, 6) is 1.31. The zero-order chi connectivity index (χ0) is 13.7. The molecule has 1 unspecified atom stereocenters. The fourth-order valence-electron chi connectivity index (χ4n) is 3.10. The first kappa shape index (κ1) is 14.4. The van der Waals surface area contributed by atoms with Crippen LogP contribution < -0.4 is 4.74 Å². The van der Waals surface area contributed by atoms with Crippen LogP contribution in [0.25, 0.3) is 0 Å². The standard InChI is InChI=1S/C17H26O2/c1-3-7-13(8-4-2)16(18)15-11-5-9-14-10-6-12-19-17(14)15/h5,9,11,13,16,18H,3-4,6-8,10,12H2,1-2H3. The molecule has 1 N–H and O–H groups in total. The lowest BCUT2D eigenvalue weighted by Gasteiger charge is -2.27. The molecule has 0 radical (unpaired) electrons. The van der Waals surface area contributed by atoms with Gasteiger partial charge < -0.3 is 9.84 Å². The van der Waals surface area contributed by atoms with Crippen LogP contribution in [0.2, 0.25) is 0 Å². The molecule has 2 heteroatoms. The summed E-state index contributed by atoms with van der Waals surface area (Å²) in [7, 11) is 0. The van der Waals surface area contributed by atoms with Gasteiger partial charge in [0.05, 0.1) is 12.7 Å². The quantitative estimate of drug-likeness (QED) is 0.830. The van der Waals surface area contributed by atoms with Gasteiger partial charge in [0.25, 0.3) is 0 Å². The molecule has 1 aliphatic heterocycles. The highest BCUT2D eigenvalue weighted by Gasteiger charge is 2.25. The first-order valence-corrected chi connectivity index (χ1v) is 7.70. The fourth-order valence-corrected chi connectivity index (χ4v) is 3.10. The second-order valence-corrected chi connectivity index (χ2v) is 5.57. The summed E-state index contributed by atoms with van der Waals surface area (Å²) < 4.78 is 5.82. The lowest BCUT2D eigenvalue weighted by molar-refractivity contribution is 0.0921. The van der Waals surface area contributed by atoms with Gasteiger partial charge in [-0.2, -0.15) is 0 Å². The topological polar surface area (TPSA) is 29.5 Å². The van der Waals surface area contributed by atoms with Gasteiger partial charge in [-0.25, -0.2) is 0 Å². The molecule has 1 aromatic rings. The van der Waals surface area contributed by atoms with E-state index in [0.29, 0.717) is 5.92 Å². The van der Waals surface area contributed by atoms with Crippen molar-refractivity contribution in [3.8, 4) is 5.75 Å². The molecular weight excluding hydrogens is 236 g/mol. The van der Waals surface area contributed by atoms with E-state index in [4.69, 9.17) is 4.74 Å². The van der Waals surface area contributed by atoms with Crippen LogP contribution in [0.4, 0.5) is 0 Å². The lowest BCUT2D eigenvalue weighted by Crippen LogP contribution is -2.17. The molecule has 0 amide bonds. The molecule has 1 aromatic carbocycles. The smallest absolute Gasteiger partial charge is 0.128 e. The Morgan fingerprint density at radius 1 is 1.21 bits per heavy atom. The molecule has 0 aromatic heterocycles. The number of para-hydroxylation sites is 1. The summed E-state index contributed by atoms with van der Waals surface area (Å²) in [6.07, 6.45) is 6.18. The number of hydrogen-bond acceptors (Lipinski definition) is 2. The number of hydrogen-bond donors (Lipinski definition) is 1. The maximum Gasteiger partial charge on any atom is 0.128 e. The maximum absolute atomic E-state index is 10.7. The molecule has 1 heterocycles. The minimum absolute atomic E-state index is 0.354. The van der Waals surface area contributed by atoms with Crippen LogP contribution in [0.5, 0.6) is 5.75 Å². The van der Waals surface area contributed by atoms with E-state index in [2.05, 4.69) is 26.0 Å². The van der Waals surface area contributed by atoms with E-state index in [1.54, 1.807) is 0 Å². The van der Waals surface area contributed by atoms with Gasteiger partial charge in [0.15, 0.2) is 0 Å². The Labute approximate surface area is 116 Å². The molecule has 1 aliphatic rings. The van der Waals surface area contributed by atoms with Crippen LogP contribution in [-0.2, 0) is 6.42 Å². The van der Waals surface area contributed by atoms with Crippen molar-refractivity contribution in [1.29, 1.82) is 0 Å². The molecule has 2 nitrogen and oxygen atoms in total. The van der Waals surface area contributed by atoms with Gasteiger partial charge in [-0.3, -0.25) is 0 Å². The number of rotatable bonds is 6. The summed E-state index contributed by atoms with van der Waals surface area (Å²) in [5.41, 5.74) is 2.26. The fraction of sp³-hybridized carbons (Fsp3) is 0.647. The number of ether oxygens (including phenoxy) is 1. The Morgan fingerprint density at radius 3 is 2.63 bits per heavy atom. The van der Waals surface area contributed by atoms with Crippen molar-refractivity contribution in [1.82, 2.24) is 0 Å². The van der Waals surface area contributed by atoms with Gasteiger partial charge in [-0.05, 0) is 37.2 Å². The number of aryl methyl sites for hydroxylation is 1. The Balaban J connectivity index is 2.24. The monoisotopic (exact) mass is 262 g/mol. The predicted octanol–water partition coefficient (Wildman–Crippen LogP) is 4.26. The van der Waals surface area contributed by atoms with Crippen molar-refractivity contribution in [3.05, 3.63) is 29.3 Å². The second-order valence-electron chi connectivity index (χ2n) is 5.57. The molecule has 0 bridgehead atoms. The van der Waals surface area contributed by atoms with Crippen molar-refractivity contribution in [2.24, 2.45) is 5.92 Å². The van der Waals surface area contributed by atoms with E-state index in [1.165, 1.54) is 5.56 Å². The minimum Gasteiger partial charge on any atom is -0.493 e. The number of fused-ring (bicyclic) bond motifs is 1. The highest BCUT2D eigenvalue weighted by Crippen LogP contribution is 2.38. The number of benzene rings is 1. The predicted molar refractivity (Wildman–Crippen MR) is 78.5 cm³/mol. The summed E-state index contributed by atoms with van der Waals surface area (Å²) in [6.45, 7) is 5.15. The zero-order valence-corrected chi connectivity index (χ0v) is 12.2. The molecule has 2 rings (SSSR count). The second kappa shape index (κ2) is 6.95. The molecular formula is C17H26O2. The third-order valence-electron chi connectivity index (χ3n) is 4.05. The molecule has 0 fully saturated rings. The maximum atomic E-state index is 10.7. The molecule has 1 atom stereocenters. The van der Waals surface area contributed by atoms with Crippen LogP contribution in [0.1, 0.15) is 63.2 Å². The first-order valence-electron chi connectivity index (χ1n) is 7.70. The summed E-state index contributed by atoms with van der Waals surface area (Å²) in [6, 6.07) is 6.22. The normalized spacial score (nSPS) is 16.0. The average Bonchev–Trinajstić information content (AvgIpc) is 2.46. The summed E-state index contributed by atoms with van der Waals surface area (Å²) in [4.78, 5) is 0. The molecule has 106 valence electrons. The van der Waals surface area contributed by atoms with E-state index < -0.39 is 0 Å². The SMILES string of the molecule is CCCC(CCC)C(O)c1cccc2c1OCCC2. The number of aliphatic hydroxyl groups is 1. The third kappa shape index (κ3) is 3.30. The number of aliphatic hydroxyl groups excluding tert-OH is 1. The van der Waals surface area contributed by atoms with E-state index in [1.807, 2.05) is 6.07 Å². The molecule has 19 heavy (non-hydrogen) atoms. The van der Waals surface area contributed by atoms with Gasteiger partial charge in [-0.1, -0.05) is 44.9 Å². The minimum atomic E-state index is -0.382. The van der Waals surface area contributed by atoms with Crippen molar-refractivity contribution >= 4 is 0 Å². The van der Waals surface area contributed by atoms with Gasteiger partial charge >= 0.3 is 0 Å². The third-order valence-corrected chi connectivity index (χ3v) is 4.05. The molecule has 0 spiro atoms. The van der Waals surface area contributed by atoms with Gasteiger partial charge in [-0.15, -0.1) is 0 Å². The average molecular weight is 262 g/mol. The van der Waals surface area contributed by atoms with Crippen LogP contribution in [0, 0.1) is 5.92 Å². The highest BCUT2D eigenvalue weighted by molar-refractivity contribution is 5.44. The Kier molecular flexibility index (Phi) is 5.26.